The van der Waals surface area contributed by atoms with Gasteiger partial charge in [-0.25, -0.2) is 0 Å². The van der Waals surface area contributed by atoms with Crippen LogP contribution in [0.5, 0.6) is 0 Å². The Balaban J connectivity index is 0. The minimum absolute atomic E-state index is 0.139. The fourth-order valence-corrected chi connectivity index (χ4v) is 2.30. The normalized spacial score (nSPS) is 8.63. The van der Waals surface area contributed by atoms with Crippen LogP contribution in [0.3, 0.4) is 0 Å². The van der Waals surface area contributed by atoms with Crippen LogP contribution in [0.25, 0.3) is 0 Å². The maximum absolute atomic E-state index is 2.31. The molecule has 0 saturated heterocycles. The van der Waals surface area contributed by atoms with Crippen LogP contribution in [-0.2, 0) is 0 Å². The van der Waals surface area contributed by atoms with Crippen molar-refractivity contribution in [3.8, 4) is 0 Å². The highest BCUT2D eigenvalue weighted by Crippen LogP contribution is 2.33. The molecule has 3 aromatic rings. The number of benzene rings is 3. The molecule has 30 heavy (non-hydrogen) atoms. The molecular formula is C28H45NSi. The maximum atomic E-state index is 2.31. The van der Waals surface area contributed by atoms with Crippen LogP contribution in [0.2, 0.25) is 19.6 Å². The average Bonchev–Trinajstić information content (AvgIpc) is 2.80. The summed E-state index contributed by atoms with van der Waals surface area (Å²) in [7, 11) is -0.139. The van der Waals surface area contributed by atoms with Gasteiger partial charge in [-0.1, -0.05) is 115 Å². The number of hydrogen-bond acceptors (Lipinski definition) is 1. The lowest BCUT2D eigenvalue weighted by atomic mass is 10.1. The molecule has 0 aliphatic carbocycles. The first kappa shape index (κ1) is 29.9. The quantitative estimate of drug-likeness (QED) is 0.379. The van der Waals surface area contributed by atoms with Crippen LogP contribution < -0.4 is 4.90 Å². The SMILES string of the molecule is CC.CC.CC.C[SiH](C)C.Cc1ccc(N(c2ccccc2)c2ccccc2)cc1. The van der Waals surface area contributed by atoms with Gasteiger partial charge < -0.3 is 4.90 Å². The zero-order valence-corrected chi connectivity index (χ0v) is 22.3. The van der Waals surface area contributed by atoms with Gasteiger partial charge in [0.1, 0.15) is 0 Å². The Bertz CT molecular complexity index is 664. The van der Waals surface area contributed by atoms with Crippen LogP contribution in [0.4, 0.5) is 17.1 Å². The molecule has 0 atom stereocenters. The molecule has 0 aliphatic heterocycles. The number of anilines is 3. The summed E-state index contributed by atoms with van der Waals surface area (Å²) < 4.78 is 0. The van der Waals surface area contributed by atoms with Crippen molar-refractivity contribution in [2.24, 2.45) is 0 Å². The van der Waals surface area contributed by atoms with Crippen LogP contribution in [-0.4, -0.2) is 8.80 Å². The van der Waals surface area contributed by atoms with Gasteiger partial charge in [0.25, 0.3) is 0 Å². The molecule has 0 heterocycles. The molecule has 0 unspecified atom stereocenters. The number of hydrogen-bond donors (Lipinski definition) is 0. The summed E-state index contributed by atoms with van der Waals surface area (Å²) in [5.74, 6) is 0. The molecule has 2 heteroatoms. The van der Waals surface area contributed by atoms with Gasteiger partial charge in [0.05, 0.1) is 0 Å². The third-order valence-corrected chi connectivity index (χ3v) is 3.32. The summed E-state index contributed by atoms with van der Waals surface area (Å²) in [6.45, 7) is 21.0. The van der Waals surface area contributed by atoms with Gasteiger partial charge in [-0.2, -0.15) is 0 Å². The average molecular weight is 424 g/mol. The maximum Gasteiger partial charge on any atom is 0.0461 e. The third-order valence-electron chi connectivity index (χ3n) is 3.32. The molecule has 0 spiro atoms. The molecule has 0 N–H and O–H groups in total. The van der Waals surface area contributed by atoms with Gasteiger partial charge in [0, 0.05) is 25.9 Å². The number of aryl methyl sites for hydroxylation is 1. The third kappa shape index (κ3) is 12.3. The van der Waals surface area contributed by atoms with Gasteiger partial charge in [0.2, 0.25) is 0 Å². The van der Waals surface area contributed by atoms with Crippen LogP contribution in [0.15, 0.2) is 84.9 Å². The topological polar surface area (TPSA) is 3.24 Å². The zero-order chi connectivity index (χ0) is 23.4. The lowest BCUT2D eigenvalue weighted by Crippen LogP contribution is -2.09. The van der Waals surface area contributed by atoms with Crippen molar-refractivity contribution in [3.05, 3.63) is 90.5 Å². The van der Waals surface area contributed by atoms with Crippen molar-refractivity contribution in [1.29, 1.82) is 0 Å². The van der Waals surface area contributed by atoms with E-state index >= 15 is 0 Å². The molecule has 0 radical (unpaired) electrons. The Morgan fingerprint density at radius 1 is 0.467 bits per heavy atom. The largest absolute Gasteiger partial charge is 0.311 e. The number of nitrogens with zero attached hydrogens (tertiary/aromatic N) is 1. The van der Waals surface area contributed by atoms with Crippen LogP contribution in [0, 0.1) is 6.92 Å². The highest BCUT2D eigenvalue weighted by Gasteiger charge is 2.10. The predicted molar refractivity (Wildman–Crippen MR) is 145 cm³/mol. The van der Waals surface area contributed by atoms with Crippen molar-refractivity contribution < 1.29 is 0 Å². The molecule has 1 nitrogen and oxygen atoms in total. The first-order valence-corrected chi connectivity index (χ1v) is 15.0. The van der Waals surface area contributed by atoms with Crippen molar-refractivity contribution in [1.82, 2.24) is 0 Å². The van der Waals surface area contributed by atoms with Gasteiger partial charge in [-0.05, 0) is 43.3 Å². The summed E-state index contributed by atoms with van der Waals surface area (Å²) in [6, 6.07) is 29.5. The second-order valence-electron chi connectivity index (χ2n) is 6.57. The Hall–Kier alpha value is -2.32. The van der Waals surface area contributed by atoms with Crippen molar-refractivity contribution in [3.63, 3.8) is 0 Å². The summed E-state index contributed by atoms with van der Waals surface area (Å²) in [5.41, 5.74) is 4.79. The Morgan fingerprint density at radius 3 is 1.03 bits per heavy atom. The highest BCUT2D eigenvalue weighted by atomic mass is 28.3. The molecule has 3 aromatic carbocycles. The molecule has 3 rings (SSSR count). The lowest BCUT2D eigenvalue weighted by molar-refractivity contribution is 1.27. The highest BCUT2D eigenvalue weighted by molar-refractivity contribution is 6.54. The van der Waals surface area contributed by atoms with Gasteiger partial charge in [0.15, 0.2) is 0 Å². The monoisotopic (exact) mass is 423 g/mol. The van der Waals surface area contributed by atoms with E-state index in [1.54, 1.807) is 0 Å². The van der Waals surface area contributed by atoms with E-state index in [0.717, 1.165) is 0 Å². The number of para-hydroxylation sites is 2. The second-order valence-corrected chi connectivity index (χ2v) is 10.0. The first-order valence-electron chi connectivity index (χ1n) is 11.5. The van der Waals surface area contributed by atoms with Gasteiger partial charge >= 0.3 is 0 Å². The molecule has 0 fully saturated rings. The fourth-order valence-electron chi connectivity index (χ4n) is 2.30. The van der Waals surface area contributed by atoms with E-state index in [4.69, 9.17) is 0 Å². The van der Waals surface area contributed by atoms with Gasteiger partial charge in [-0.15, -0.1) is 0 Å². The van der Waals surface area contributed by atoms with E-state index in [0.29, 0.717) is 0 Å². The molecule has 166 valence electrons. The van der Waals surface area contributed by atoms with Crippen molar-refractivity contribution >= 4 is 25.9 Å². The molecule has 0 amide bonds. The summed E-state index contributed by atoms with van der Waals surface area (Å²) >= 11 is 0. The van der Waals surface area contributed by atoms with Crippen LogP contribution in [0.1, 0.15) is 47.1 Å². The molecule has 0 aromatic heterocycles. The summed E-state index contributed by atoms with van der Waals surface area (Å²) in [5, 5.41) is 0. The smallest absolute Gasteiger partial charge is 0.0461 e. The summed E-state index contributed by atoms with van der Waals surface area (Å²) in [4.78, 5) is 2.26. The Labute approximate surface area is 189 Å². The van der Waals surface area contributed by atoms with E-state index in [9.17, 15) is 0 Å². The first-order chi connectivity index (χ1) is 14.6. The molecular weight excluding hydrogens is 378 g/mol. The van der Waals surface area contributed by atoms with Crippen molar-refractivity contribution in [2.45, 2.75) is 68.1 Å². The van der Waals surface area contributed by atoms with Crippen molar-refractivity contribution in [2.75, 3.05) is 4.90 Å². The minimum atomic E-state index is -0.139. The Morgan fingerprint density at radius 2 is 0.733 bits per heavy atom. The Kier molecular flexibility index (Phi) is 19.9. The van der Waals surface area contributed by atoms with E-state index in [1.807, 2.05) is 53.7 Å². The minimum Gasteiger partial charge on any atom is -0.311 e. The molecule has 0 aliphatic rings. The van der Waals surface area contributed by atoms with E-state index in [1.165, 1.54) is 22.6 Å². The summed E-state index contributed by atoms with van der Waals surface area (Å²) in [6.07, 6.45) is 0. The fraction of sp³-hybridized carbons (Fsp3) is 0.357. The standard InChI is InChI=1S/C19H17N.C3H10Si.3C2H6/c1-16-12-14-19(15-13-16)20(17-8-4-2-5-9-17)18-10-6-3-7-11-18;1-4(2)3;3*1-2/h2-15H,1H3;4H,1-3H3;3*1-2H3. The van der Waals surface area contributed by atoms with E-state index in [-0.39, 0.29) is 8.80 Å². The zero-order valence-electron chi connectivity index (χ0n) is 21.1. The molecule has 0 bridgehead atoms. The van der Waals surface area contributed by atoms with Crippen LogP contribution >= 0.6 is 0 Å². The van der Waals surface area contributed by atoms with Gasteiger partial charge in [-0.3, -0.25) is 0 Å². The van der Waals surface area contributed by atoms with E-state index in [2.05, 4.69) is 104 Å². The van der Waals surface area contributed by atoms with E-state index < -0.39 is 0 Å². The lowest BCUT2D eigenvalue weighted by Gasteiger charge is -2.25. The number of rotatable bonds is 3. The molecule has 0 saturated carbocycles. The second kappa shape index (κ2) is 20.0. The predicted octanol–water partition coefficient (Wildman–Crippen LogP) is 9.65.